The van der Waals surface area contributed by atoms with Crippen molar-refractivity contribution in [3.63, 3.8) is 0 Å². The second-order valence-electron chi connectivity index (χ2n) is 8.78. The van der Waals surface area contributed by atoms with E-state index in [1.807, 2.05) is 0 Å². The minimum Gasteiger partial charge on any atom is -0.378 e. The van der Waals surface area contributed by atoms with Crippen molar-refractivity contribution in [3.8, 4) is 0 Å². The number of anilines is 1. The second-order valence-corrected chi connectivity index (χ2v) is 8.78. The quantitative estimate of drug-likeness (QED) is 0.632. The van der Waals surface area contributed by atoms with E-state index in [-0.39, 0.29) is 11.5 Å². The van der Waals surface area contributed by atoms with E-state index in [0.29, 0.717) is 6.61 Å². The van der Waals surface area contributed by atoms with E-state index in [0.717, 1.165) is 54.6 Å². The monoisotopic (exact) mass is 393 g/mol. The lowest BCUT2D eigenvalue weighted by molar-refractivity contribution is 0.181. The Balaban J connectivity index is 1.79. The summed E-state index contributed by atoms with van der Waals surface area (Å²) in [5.74, 6) is 2.97. The van der Waals surface area contributed by atoms with Crippen LogP contribution in [0.3, 0.4) is 0 Å². The van der Waals surface area contributed by atoms with E-state index >= 15 is 0 Å². The molecule has 1 saturated heterocycles. The van der Waals surface area contributed by atoms with Crippen LogP contribution in [0.2, 0.25) is 0 Å². The Bertz CT molecular complexity index is 1000. The number of hydrogen-bond donors (Lipinski definition) is 0. The molecule has 1 unspecified atom stereocenters. The van der Waals surface area contributed by atoms with Gasteiger partial charge in [0.1, 0.15) is 17.5 Å². The fourth-order valence-corrected chi connectivity index (χ4v) is 4.18. The molecule has 154 valence electrons. The lowest BCUT2D eigenvalue weighted by Crippen LogP contribution is -2.28. The topological polar surface area (TPSA) is 56.1 Å². The second kappa shape index (κ2) is 7.75. The van der Waals surface area contributed by atoms with E-state index in [2.05, 4.69) is 67.5 Å². The fraction of sp³-hybridized carbons (Fsp3) is 0.522. The first-order valence-corrected chi connectivity index (χ1v) is 10.5. The lowest BCUT2D eigenvalue weighted by atomic mass is 9.95. The molecule has 0 aliphatic carbocycles. The number of aryl methyl sites for hydroxylation is 1. The number of methoxy groups -OCH3 is 1. The number of benzene rings is 1. The molecule has 0 amide bonds. The maximum Gasteiger partial charge on any atom is 0.136 e. The minimum atomic E-state index is -0.121. The van der Waals surface area contributed by atoms with Crippen LogP contribution in [0.25, 0.3) is 11.0 Å². The van der Waals surface area contributed by atoms with Crippen molar-refractivity contribution in [2.75, 3.05) is 18.6 Å². The number of para-hydroxylation sites is 2. The number of ether oxygens (including phenoxy) is 1. The Morgan fingerprint density at radius 3 is 2.66 bits per heavy atom. The predicted octanol–water partition coefficient (Wildman–Crippen LogP) is 4.63. The maximum absolute atomic E-state index is 5.38. The molecule has 3 aromatic rings. The van der Waals surface area contributed by atoms with E-state index in [4.69, 9.17) is 19.7 Å². The highest BCUT2D eigenvalue weighted by molar-refractivity contribution is 5.76. The van der Waals surface area contributed by atoms with Gasteiger partial charge in [0, 0.05) is 31.7 Å². The smallest absolute Gasteiger partial charge is 0.136 e. The first-order chi connectivity index (χ1) is 13.9. The summed E-state index contributed by atoms with van der Waals surface area (Å²) in [4.78, 5) is 17.2. The van der Waals surface area contributed by atoms with Crippen molar-refractivity contribution in [3.05, 3.63) is 47.7 Å². The summed E-state index contributed by atoms with van der Waals surface area (Å²) >= 11 is 0. The van der Waals surface area contributed by atoms with Crippen LogP contribution in [-0.2, 0) is 23.3 Å². The molecule has 0 radical (unpaired) electrons. The Morgan fingerprint density at radius 2 is 1.93 bits per heavy atom. The SMILES string of the molecule is CCn1c(C2CCCN2c2cc(COC)nc(C(C)(C)C)n2)nc2ccccc21. The molecule has 0 saturated carbocycles. The molecule has 4 rings (SSSR count). The number of rotatable bonds is 5. The molecule has 6 nitrogen and oxygen atoms in total. The van der Waals surface area contributed by atoms with E-state index in [1.165, 1.54) is 5.52 Å². The van der Waals surface area contributed by atoms with Crippen LogP contribution < -0.4 is 4.90 Å². The Kier molecular flexibility index (Phi) is 5.30. The van der Waals surface area contributed by atoms with Gasteiger partial charge in [-0.05, 0) is 31.9 Å². The Hall–Kier alpha value is -2.47. The molecular formula is C23H31N5O. The summed E-state index contributed by atoms with van der Waals surface area (Å²) in [5, 5.41) is 0. The number of hydrogen-bond acceptors (Lipinski definition) is 5. The third kappa shape index (κ3) is 3.73. The zero-order valence-corrected chi connectivity index (χ0v) is 18.1. The van der Waals surface area contributed by atoms with Gasteiger partial charge in [-0.15, -0.1) is 0 Å². The molecule has 1 atom stereocenters. The summed E-state index contributed by atoms with van der Waals surface area (Å²) in [5.41, 5.74) is 3.07. The zero-order chi connectivity index (χ0) is 20.6. The van der Waals surface area contributed by atoms with Crippen molar-refractivity contribution < 1.29 is 4.74 Å². The zero-order valence-electron chi connectivity index (χ0n) is 18.1. The maximum atomic E-state index is 5.38. The highest BCUT2D eigenvalue weighted by Gasteiger charge is 2.32. The van der Waals surface area contributed by atoms with Crippen LogP contribution in [0.1, 0.15) is 63.9 Å². The summed E-state index contributed by atoms with van der Waals surface area (Å²) in [6.07, 6.45) is 2.21. The van der Waals surface area contributed by atoms with E-state index in [1.54, 1.807) is 7.11 Å². The molecule has 0 bridgehead atoms. The van der Waals surface area contributed by atoms with Gasteiger partial charge in [-0.1, -0.05) is 32.9 Å². The standard InChI is InChI=1S/C23H31N5O/c1-6-27-18-11-8-7-10-17(18)25-21(27)19-12-9-13-28(19)20-14-16(15-29-5)24-22(26-20)23(2,3)4/h7-8,10-11,14,19H,6,9,12-13,15H2,1-5H3. The highest BCUT2D eigenvalue weighted by atomic mass is 16.5. The van der Waals surface area contributed by atoms with Crippen LogP contribution in [0.5, 0.6) is 0 Å². The third-order valence-corrected chi connectivity index (χ3v) is 5.57. The van der Waals surface area contributed by atoms with E-state index < -0.39 is 0 Å². The molecule has 1 aliphatic rings. The predicted molar refractivity (Wildman–Crippen MR) is 116 cm³/mol. The van der Waals surface area contributed by atoms with Crippen molar-refractivity contribution >= 4 is 16.9 Å². The molecule has 1 fully saturated rings. The largest absolute Gasteiger partial charge is 0.378 e. The molecule has 0 N–H and O–H groups in total. The minimum absolute atomic E-state index is 0.121. The molecule has 2 aromatic heterocycles. The van der Waals surface area contributed by atoms with Crippen LogP contribution >= 0.6 is 0 Å². The van der Waals surface area contributed by atoms with Gasteiger partial charge in [-0.2, -0.15) is 0 Å². The summed E-state index contributed by atoms with van der Waals surface area (Å²) in [7, 11) is 1.71. The first kappa shape index (κ1) is 19.8. The summed E-state index contributed by atoms with van der Waals surface area (Å²) in [6.45, 7) is 11.0. The number of aromatic nitrogens is 4. The van der Waals surface area contributed by atoms with Gasteiger partial charge >= 0.3 is 0 Å². The fourth-order valence-electron chi connectivity index (χ4n) is 4.18. The molecule has 0 spiro atoms. The summed E-state index contributed by atoms with van der Waals surface area (Å²) in [6, 6.07) is 10.7. The van der Waals surface area contributed by atoms with Gasteiger partial charge in [-0.25, -0.2) is 15.0 Å². The Labute approximate surface area is 172 Å². The Morgan fingerprint density at radius 1 is 1.14 bits per heavy atom. The molecule has 3 heterocycles. The third-order valence-electron chi connectivity index (χ3n) is 5.57. The molecule has 29 heavy (non-hydrogen) atoms. The van der Waals surface area contributed by atoms with E-state index in [9.17, 15) is 0 Å². The molecule has 1 aliphatic heterocycles. The number of imidazole rings is 1. The van der Waals surface area contributed by atoms with Crippen LogP contribution in [-0.4, -0.2) is 33.2 Å². The van der Waals surface area contributed by atoms with Crippen LogP contribution in [0.15, 0.2) is 30.3 Å². The molecule has 6 heteroatoms. The average molecular weight is 394 g/mol. The van der Waals surface area contributed by atoms with Crippen LogP contribution in [0.4, 0.5) is 5.82 Å². The molecule has 1 aromatic carbocycles. The summed E-state index contributed by atoms with van der Waals surface area (Å²) < 4.78 is 7.72. The van der Waals surface area contributed by atoms with Gasteiger partial charge in [-0.3, -0.25) is 0 Å². The number of nitrogens with zero attached hydrogens (tertiary/aromatic N) is 5. The van der Waals surface area contributed by atoms with Gasteiger partial charge < -0.3 is 14.2 Å². The van der Waals surface area contributed by atoms with Gasteiger partial charge in [0.25, 0.3) is 0 Å². The van der Waals surface area contributed by atoms with Gasteiger partial charge in [0.05, 0.1) is 29.4 Å². The molecular weight excluding hydrogens is 362 g/mol. The van der Waals surface area contributed by atoms with Gasteiger partial charge in [0.2, 0.25) is 0 Å². The van der Waals surface area contributed by atoms with Crippen molar-refractivity contribution in [2.24, 2.45) is 0 Å². The average Bonchev–Trinajstić information content (AvgIpc) is 3.31. The lowest BCUT2D eigenvalue weighted by Gasteiger charge is -2.28. The first-order valence-electron chi connectivity index (χ1n) is 10.5. The van der Waals surface area contributed by atoms with Gasteiger partial charge in [0.15, 0.2) is 0 Å². The van der Waals surface area contributed by atoms with Crippen molar-refractivity contribution in [2.45, 2.75) is 65.1 Å². The van der Waals surface area contributed by atoms with Crippen molar-refractivity contribution in [1.29, 1.82) is 0 Å². The highest BCUT2D eigenvalue weighted by Crippen LogP contribution is 2.37. The van der Waals surface area contributed by atoms with Crippen molar-refractivity contribution in [1.82, 2.24) is 19.5 Å². The normalized spacial score (nSPS) is 17.4. The van der Waals surface area contributed by atoms with Crippen LogP contribution in [0, 0.1) is 0 Å². The number of fused-ring (bicyclic) bond motifs is 1.